The predicted octanol–water partition coefficient (Wildman–Crippen LogP) is 1.98. The Morgan fingerprint density at radius 1 is 1.30 bits per heavy atom. The second-order valence-corrected chi connectivity index (χ2v) is 5.64. The van der Waals surface area contributed by atoms with Gasteiger partial charge in [-0.25, -0.2) is 0 Å². The summed E-state index contributed by atoms with van der Waals surface area (Å²) in [4.78, 5) is 25.8. The van der Waals surface area contributed by atoms with Crippen LogP contribution in [0.4, 0.5) is 0 Å². The molecule has 20 heavy (non-hydrogen) atoms. The van der Waals surface area contributed by atoms with Gasteiger partial charge in [-0.3, -0.25) is 9.59 Å². The zero-order valence-electron chi connectivity index (χ0n) is 12.2. The minimum absolute atomic E-state index is 0.0111. The third-order valence-corrected chi connectivity index (χ3v) is 3.72. The first-order valence-corrected chi connectivity index (χ1v) is 7.19. The zero-order valence-corrected chi connectivity index (χ0v) is 12.2. The Labute approximate surface area is 120 Å². The molecule has 4 nitrogen and oxygen atoms in total. The molecule has 1 atom stereocenters. The number of carbonyl (C=O) groups is 2. The quantitative estimate of drug-likeness (QED) is 0.916. The van der Waals surface area contributed by atoms with E-state index in [0.717, 1.165) is 25.1 Å². The molecule has 1 unspecified atom stereocenters. The Morgan fingerprint density at radius 3 is 2.65 bits per heavy atom. The molecule has 1 aromatic carbocycles. The van der Waals surface area contributed by atoms with E-state index in [9.17, 15) is 9.59 Å². The normalized spacial score (nSPS) is 18.7. The molecule has 0 bridgehead atoms. The largest absolute Gasteiger partial charge is 0.343 e. The van der Waals surface area contributed by atoms with Gasteiger partial charge in [-0.1, -0.05) is 24.6 Å². The smallest absolute Gasteiger partial charge is 0.251 e. The van der Waals surface area contributed by atoms with Crippen LogP contribution in [0.15, 0.2) is 24.3 Å². The highest BCUT2D eigenvalue weighted by molar-refractivity contribution is 5.96. The summed E-state index contributed by atoms with van der Waals surface area (Å²) in [6.45, 7) is 5.83. The summed E-state index contributed by atoms with van der Waals surface area (Å²) in [7, 11) is 0. The lowest BCUT2D eigenvalue weighted by atomic mass is 10.0. The number of piperidine rings is 1. The fourth-order valence-electron chi connectivity index (χ4n) is 2.49. The van der Waals surface area contributed by atoms with Crippen LogP contribution in [0.1, 0.15) is 35.7 Å². The third kappa shape index (κ3) is 3.83. The maximum Gasteiger partial charge on any atom is 0.251 e. The molecule has 1 fully saturated rings. The Hall–Kier alpha value is -1.84. The molecule has 1 saturated heterocycles. The number of hydrogen-bond acceptors (Lipinski definition) is 2. The average molecular weight is 274 g/mol. The molecule has 108 valence electrons. The molecule has 0 aliphatic carbocycles. The van der Waals surface area contributed by atoms with Gasteiger partial charge < -0.3 is 10.2 Å². The van der Waals surface area contributed by atoms with Crippen LogP contribution in [-0.2, 0) is 4.79 Å². The topological polar surface area (TPSA) is 49.4 Å². The van der Waals surface area contributed by atoms with E-state index in [2.05, 4.69) is 12.2 Å². The average Bonchev–Trinajstić information content (AvgIpc) is 2.45. The van der Waals surface area contributed by atoms with Crippen molar-refractivity contribution in [2.24, 2.45) is 5.92 Å². The molecule has 2 amide bonds. The van der Waals surface area contributed by atoms with E-state index >= 15 is 0 Å². The van der Waals surface area contributed by atoms with Crippen molar-refractivity contribution in [1.82, 2.24) is 10.2 Å². The molecule has 1 aliphatic heterocycles. The number of rotatable bonds is 3. The molecular formula is C16H22N2O2. The Bertz CT molecular complexity index is 482. The summed E-state index contributed by atoms with van der Waals surface area (Å²) in [5, 5.41) is 2.70. The summed E-state index contributed by atoms with van der Waals surface area (Å²) in [6, 6.07) is 7.34. The molecule has 0 saturated carbocycles. The SMILES string of the molecule is Cc1ccc(C(=O)NCC(=O)N2CCCC(C)C2)cc1. The van der Waals surface area contributed by atoms with E-state index in [4.69, 9.17) is 0 Å². The summed E-state index contributed by atoms with van der Waals surface area (Å²) >= 11 is 0. The maximum absolute atomic E-state index is 12.0. The maximum atomic E-state index is 12.0. The number of likely N-dealkylation sites (tertiary alicyclic amines) is 1. The first-order chi connectivity index (χ1) is 9.56. The lowest BCUT2D eigenvalue weighted by molar-refractivity contribution is -0.131. The zero-order chi connectivity index (χ0) is 14.5. The molecule has 0 spiro atoms. The number of nitrogens with zero attached hydrogens (tertiary/aromatic N) is 1. The Balaban J connectivity index is 1.83. The first-order valence-electron chi connectivity index (χ1n) is 7.19. The molecule has 0 aromatic heterocycles. The number of benzene rings is 1. The second-order valence-electron chi connectivity index (χ2n) is 5.64. The van der Waals surface area contributed by atoms with Crippen molar-refractivity contribution in [2.45, 2.75) is 26.7 Å². The van der Waals surface area contributed by atoms with E-state index in [1.165, 1.54) is 6.42 Å². The van der Waals surface area contributed by atoms with Crippen LogP contribution in [0.25, 0.3) is 0 Å². The number of hydrogen-bond donors (Lipinski definition) is 1. The highest BCUT2D eigenvalue weighted by Gasteiger charge is 2.21. The van der Waals surface area contributed by atoms with Crippen molar-refractivity contribution in [2.75, 3.05) is 19.6 Å². The summed E-state index contributed by atoms with van der Waals surface area (Å²) < 4.78 is 0. The fraction of sp³-hybridized carbons (Fsp3) is 0.500. The first kappa shape index (κ1) is 14.6. The van der Waals surface area contributed by atoms with Gasteiger partial charge in [0.1, 0.15) is 0 Å². The number of carbonyl (C=O) groups excluding carboxylic acids is 2. The highest BCUT2D eigenvalue weighted by Crippen LogP contribution is 2.15. The lowest BCUT2D eigenvalue weighted by Crippen LogP contribution is -2.44. The van der Waals surface area contributed by atoms with Gasteiger partial charge in [-0.05, 0) is 37.8 Å². The minimum Gasteiger partial charge on any atom is -0.343 e. The van der Waals surface area contributed by atoms with Gasteiger partial charge in [0, 0.05) is 18.7 Å². The predicted molar refractivity (Wildman–Crippen MR) is 78.5 cm³/mol. The molecule has 0 radical (unpaired) electrons. The van der Waals surface area contributed by atoms with E-state index < -0.39 is 0 Å². The van der Waals surface area contributed by atoms with Gasteiger partial charge in [0.2, 0.25) is 5.91 Å². The van der Waals surface area contributed by atoms with Crippen molar-refractivity contribution in [3.63, 3.8) is 0 Å². The summed E-state index contributed by atoms with van der Waals surface area (Å²) in [5.74, 6) is 0.376. The number of aryl methyl sites for hydroxylation is 1. The summed E-state index contributed by atoms with van der Waals surface area (Å²) in [6.07, 6.45) is 2.23. The van der Waals surface area contributed by atoms with Crippen molar-refractivity contribution >= 4 is 11.8 Å². The van der Waals surface area contributed by atoms with Gasteiger partial charge >= 0.3 is 0 Å². The Kier molecular flexibility index (Phi) is 4.77. The molecule has 4 heteroatoms. The van der Waals surface area contributed by atoms with E-state index in [1.54, 1.807) is 12.1 Å². The van der Waals surface area contributed by atoms with Crippen LogP contribution in [0.2, 0.25) is 0 Å². The van der Waals surface area contributed by atoms with Gasteiger partial charge in [-0.2, -0.15) is 0 Å². The van der Waals surface area contributed by atoms with Crippen molar-refractivity contribution in [3.05, 3.63) is 35.4 Å². The van der Waals surface area contributed by atoms with Gasteiger partial charge in [0.15, 0.2) is 0 Å². The molecule has 1 aromatic rings. The van der Waals surface area contributed by atoms with Crippen LogP contribution in [0.5, 0.6) is 0 Å². The van der Waals surface area contributed by atoms with Crippen LogP contribution in [-0.4, -0.2) is 36.3 Å². The van der Waals surface area contributed by atoms with Gasteiger partial charge in [0.25, 0.3) is 5.91 Å². The number of amides is 2. The van der Waals surface area contributed by atoms with Crippen molar-refractivity contribution in [3.8, 4) is 0 Å². The van der Waals surface area contributed by atoms with Crippen molar-refractivity contribution < 1.29 is 9.59 Å². The van der Waals surface area contributed by atoms with E-state index in [-0.39, 0.29) is 18.4 Å². The van der Waals surface area contributed by atoms with Crippen LogP contribution in [0.3, 0.4) is 0 Å². The van der Waals surface area contributed by atoms with Crippen molar-refractivity contribution in [1.29, 1.82) is 0 Å². The standard InChI is InChI=1S/C16H22N2O2/c1-12-5-7-14(8-6-12)16(20)17-10-15(19)18-9-3-4-13(2)11-18/h5-8,13H,3-4,9-11H2,1-2H3,(H,17,20). The van der Waals surface area contributed by atoms with Gasteiger partial charge in [-0.15, -0.1) is 0 Å². The highest BCUT2D eigenvalue weighted by atomic mass is 16.2. The van der Waals surface area contributed by atoms with Gasteiger partial charge in [0.05, 0.1) is 6.54 Å². The third-order valence-electron chi connectivity index (χ3n) is 3.72. The number of nitrogens with one attached hydrogen (secondary N) is 1. The summed E-state index contributed by atoms with van der Waals surface area (Å²) in [5.41, 5.74) is 1.70. The second kappa shape index (κ2) is 6.55. The molecule has 1 N–H and O–H groups in total. The monoisotopic (exact) mass is 274 g/mol. The Morgan fingerprint density at radius 2 is 2.00 bits per heavy atom. The molecule has 2 rings (SSSR count). The van der Waals surface area contributed by atoms with E-state index in [1.807, 2.05) is 24.0 Å². The lowest BCUT2D eigenvalue weighted by Gasteiger charge is -2.31. The minimum atomic E-state index is -0.191. The van der Waals surface area contributed by atoms with Crippen LogP contribution >= 0.6 is 0 Å². The molecular weight excluding hydrogens is 252 g/mol. The van der Waals surface area contributed by atoms with E-state index in [0.29, 0.717) is 11.5 Å². The van der Waals surface area contributed by atoms with Crippen LogP contribution in [0, 0.1) is 12.8 Å². The molecule has 1 aliphatic rings. The van der Waals surface area contributed by atoms with Crippen LogP contribution < -0.4 is 5.32 Å². The fourth-order valence-corrected chi connectivity index (χ4v) is 2.49. The molecule has 1 heterocycles.